The number of thiazole rings is 1. The lowest BCUT2D eigenvalue weighted by Crippen LogP contribution is -2.46. The van der Waals surface area contributed by atoms with Crippen LogP contribution in [0.1, 0.15) is 24.4 Å². The van der Waals surface area contributed by atoms with Crippen molar-refractivity contribution in [2.45, 2.75) is 39.2 Å². The fourth-order valence-corrected chi connectivity index (χ4v) is 4.09. The Kier molecular flexibility index (Phi) is 4.98. The van der Waals surface area contributed by atoms with Crippen LogP contribution in [0.2, 0.25) is 0 Å². The summed E-state index contributed by atoms with van der Waals surface area (Å²) in [6, 6.07) is 1.74. The van der Waals surface area contributed by atoms with Gasteiger partial charge in [-0.2, -0.15) is 0 Å². The molecule has 1 aliphatic heterocycles. The topological polar surface area (TPSA) is 83.7 Å². The minimum Gasteiger partial charge on any atom is -0.392 e. The first-order valence-electron chi connectivity index (χ1n) is 8.81. The lowest BCUT2D eigenvalue weighted by atomic mass is 10.1. The van der Waals surface area contributed by atoms with Gasteiger partial charge < -0.3 is 24.6 Å². The number of halogens is 1. The third kappa shape index (κ3) is 3.50. The van der Waals surface area contributed by atoms with Crippen molar-refractivity contribution >= 4 is 33.8 Å². The third-order valence-corrected chi connectivity index (χ3v) is 5.33. The van der Waals surface area contributed by atoms with Gasteiger partial charge in [-0.3, -0.25) is 0 Å². The van der Waals surface area contributed by atoms with E-state index in [0.717, 1.165) is 5.01 Å². The van der Waals surface area contributed by atoms with Crippen LogP contribution < -0.4 is 10.2 Å². The Morgan fingerprint density at radius 3 is 2.81 bits per heavy atom. The first-order valence-corrected chi connectivity index (χ1v) is 9.69. The summed E-state index contributed by atoms with van der Waals surface area (Å²) in [5.74, 6) is -0.0725. The van der Waals surface area contributed by atoms with E-state index in [4.69, 9.17) is 9.26 Å². The summed E-state index contributed by atoms with van der Waals surface area (Å²) in [5, 5.41) is 20.2. The van der Waals surface area contributed by atoms with Crippen LogP contribution in [0.4, 0.5) is 15.9 Å². The van der Waals surface area contributed by atoms with Gasteiger partial charge in [-0.15, -0.1) is 11.3 Å². The molecule has 0 saturated carbocycles. The average Bonchev–Trinajstić information content (AvgIpc) is 3.28. The molecule has 7 nitrogen and oxygen atoms in total. The predicted octanol–water partition coefficient (Wildman–Crippen LogP) is 3.14. The molecular weight excluding hydrogens is 371 g/mol. The average molecular weight is 392 g/mol. The van der Waals surface area contributed by atoms with Gasteiger partial charge in [0.2, 0.25) is 5.58 Å². The predicted molar refractivity (Wildman–Crippen MR) is 102 cm³/mol. The number of aliphatic hydroxyl groups excluding tert-OH is 1. The first kappa shape index (κ1) is 18.1. The molecule has 0 unspecified atom stereocenters. The van der Waals surface area contributed by atoms with Crippen molar-refractivity contribution in [2.24, 2.45) is 0 Å². The van der Waals surface area contributed by atoms with Crippen molar-refractivity contribution in [3.05, 3.63) is 34.0 Å². The van der Waals surface area contributed by atoms with Gasteiger partial charge in [-0.25, -0.2) is 9.37 Å². The molecule has 2 atom stereocenters. The second-order valence-electron chi connectivity index (χ2n) is 6.71. The van der Waals surface area contributed by atoms with E-state index in [1.54, 1.807) is 12.3 Å². The van der Waals surface area contributed by atoms with E-state index in [-0.39, 0.29) is 24.4 Å². The molecule has 144 valence electrons. The van der Waals surface area contributed by atoms with Crippen molar-refractivity contribution < 1.29 is 18.8 Å². The van der Waals surface area contributed by atoms with Gasteiger partial charge in [-0.05, 0) is 19.9 Å². The van der Waals surface area contributed by atoms with E-state index in [1.165, 1.54) is 11.3 Å². The SMILES string of the molecule is C[C@@H]1CN(c2c(CO)cc3c(NCc4nccs4)noc3c2F)C[C@H](C)O1. The molecule has 3 heterocycles. The minimum atomic E-state index is -0.507. The maximum absolute atomic E-state index is 15.3. The molecule has 3 aromatic rings. The maximum Gasteiger partial charge on any atom is 0.206 e. The normalized spacial score (nSPS) is 20.4. The number of aromatic nitrogens is 2. The summed E-state index contributed by atoms with van der Waals surface area (Å²) in [6.45, 7) is 5.18. The van der Waals surface area contributed by atoms with Crippen LogP contribution in [0.5, 0.6) is 0 Å². The molecule has 0 spiro atoms. The highest BCUT2D eigenvalue weighted by molar-refractivity contribution is 7.09. The van der Waals surface area contributed by atoms with Crippen LogP contribution in [0, 0.1) is 5.82 Å². The second kappa shape index (κ2) is 7.41. The number of nitrogens with one attached hydrogen (secondary N) is 1. The van der Waals surface area contributed by atoms with Crippen molar-refractivity contribution in [1.29, 1.82) is 0 Å². The molecule has 2 aromatic heterocycles. The van der Waals surface area contributed by atoms with Crippen LogP contribution >= 0.6 is 11.3 Å². The first-order chi connectivity index (χ1) is 13.1. The summed E-state index contributed by atoms with van der Waals surface area (Å²) in [6.07, 6.45) is 1.67. The molecule has 2 N–H and O–H groups in total. The smallest absolute Gasteiger partial charge is 0.206 e. The number of rotatable bonds is 5. The highest BCUT2D eigenvalue weighted by atomic mass is 32.1. The number of benzene rings is 1. The molecule has 1 fully saturated rings. The second-order valence-corrected chi connectivity index (χ2v) is 7.69. The van der Waals surface area contributed by atoms with E-state index >= 15 is 4.39 Å². The Bertz CT molecular complexity index is 920. The van der Waals surface area contributed by atoms with E-state index in [1.807, 2.05) is 24.1 Å². The molecular formula is C18H21FN4O3S. The van der Waals surface area contributed by atoms with E-state index < -0.39 is 5.82 Å². The molecule has 0 bridgehead atoms. The fourth-order valence-electron chi connectivity index (χ4n) is 3.53. The number of ether oxygens (including phenoxy) is 1. The largest absolute Gasteiger partial charge is 0.392 e. The highest BCUT2D eigenvalue weighted by Crippen LogP contribution is 2.36. The zero-order valence-corrected chi connectivity index (χ0v) is 15.9. The molecule has 1 aromatic carbocycles. The summed E-state index contributed by atoms with van der Waals surface area (Å²) < 4.78 is 26.3. The fraction of sp³-hybridized carbons (Fsp3) is 0.444. The van der Waals surface area contributed by atoms with Gasteiger partial charge in [0.25, 0.3) is 0 Å². The van der Waals surface area contributed by atoms with Crippen LogP contribution in [-0.2, 0) is 17.9 Å². The Morgan fingerprint density at radius 1 is 1.37 bits per heavy atom. The van der Waals surface area contributed by atoms with Gasteiger partial charge >= 0.3 is 0 Å². The van der Waals surface area contributed by atoms with Gasteiger partial charge in [0, 0.05) is 30.2 Å². The molecule has 0 amide bonds. The molecule has 1 aliphatic rings. The number of hydrogen-bond acceptors (Lipinski definition) is 8. The molecule has 27 heavy (non-hydrogen) atoms. The van der Waals surface area contributed by atoms with Crippen molar-refractivity contribution in [2.75, 3.05) is 23.3 Å². The van der Waals surface area contributed by atoms with Crippen LogP contribution in [-0.4, -0.2) is 40.5 Å². The van der Waals surface area contributed by atoms with E-state index in [9.17, 15) is 5.11 Å². The van der Waals surface area contributed by atoms with E-state index in [2.05, 4.69) is 15.5 Å². The lowest BCUT2D eigenvalue weighted by Gasteiger charge is -2.37. The molecule has 1 saturated heterocycles. The van der Waals surface area contributed by atoms with Crippen LogP contribution in [0.15, 0.2) is 22.2 Å². The Labute approximate surface area is 159 Å². The highest BCUT2D eigenvalue weighted by Gasteiger charge is 2.29. The molecule has 0 aliphatic carbocycles. The zero-order valence-electron chi connectivity index (χ0n) is 15.1. The summed E-state index contributed by atoms with van der Waals surface area (Å²) in [7, 11) is 0. The Morgan fingerprint density at radius 2 is 2.15 bits per heavy atom. The standard InChI is InChI=1S/C18H21FN4O3S/c1-10-7-23(8-11(2)25-10)16-12(9-24)5-13-17(15(16)19)26-22-18(13)21-6-14-20-3-4-27-14/h3-5,10-11,24H,6-9H2,1-2H3,(H,21,22)/t10-,11+. The lowest BCUT2D eigenvalue weighted by molar-refractivity contribution is -0.00549. The zero-order chi connectivity index (χ0) is 19.0. The van der Waals surface area contributed by atoms with Gasteiger partial charge in [0.05, 0.1) is 36.4 Å². The summed E-state index contributed by atoms with van der Waals surface area (Å²) in [5.41, 5.74) is 0.937. The molecule has 0 radical (unpaired) electrons. The monoisotopic (exact) mass is 392 g/mol. The number of morpholine rings is 1. The Balaban J connectivity index is 1.70. The third-order valence-electron chi connectivity index (χ3n) is 4.55. The van der Waals surface area contributed by atoms with Gasteiger partial charge in [-0.1, -0.05) is 5.16 Å². The molecule has 9 heteroatoms. The van der Waals surface area contributed by atoms with Crippen LogP contribution in [0.25, 0.3) is 11.0 Å². The number of aliphatic hydroxyl groups is 1. The van der Waals surface area contributed by atoms with Crippen molar-refractivity contribution in [3.8, 4) is 0 Å². The summed E-state index contributed by atoms with van der Waals surface area (Å²) >= 11 is 1.52. The Hall–Kier alpha value is -2.23. The van der Waals surface area contributed by atoms with Gasteiger partial charge in [0.15, 0.2) is 11.6 Å². The quantitative estimate of drug-likeness (QED) is 0.690. The minimum absolute atomic E-state index is 0.0272. The van der Waals surface area contributed by atoms with E-state index in [0.29, 0.717) is 42.1 Å². The maximum atomic E-state index is 15.3. The van der Waals surface area contributed by atoms with Crippen molar-refractivity contribution in [1.82, 2.24) is 10.1 Å². The molecule has 4 rings (SSSR count). The number of fused-ring (bicyclic) bond motifs is 1. The van der Waals surface area contributed by atoms with Crippen LogP contribution in [0.3, 0.4) is 0 Å². The number of anilines is 2. The van der Waals surface area contributed by atoms with Crippen molar-refractivity contribution in [3.63, 3.8) is 0 Å². The van der Waals surface area contributed by atoms with Gasteiger partial charge in [0.1, 0.15) is 5.01 Å². The number of nitrogens with zero attached hydrogens (tertiary/aromatic N) is 3. The number of hydrogen-bond donors (Lipinski definition) is 2. The summed E-state index contributed by atoms with van der Waals surface area (Å²) in [4.78, 5) is 6.11.